The van der Waals surface area contributed by atoms with E-state index in [2.05, 4.69) is 11.2 Å². The second kappa shape index (κ2) is 7.04. The average molecular weight is 363 g/mol. The minimum atomic E-state index is -1.21. The predicted octanol–water partition coefficient (Wildman–Crippen LogP) is 0.746. The SMILES string of the molecule is [CH-]=C(N=[C-]CC)C(=O)O.[U+2]. The van der Waals surface area contributed by atoms with E-state index in [0.29, 0.717) is 6.42 Å². The Bertz CT molecular complexity index is 154. The fraction of sp³-hybridized carbons (Fsp3) is 0.333. The molecule has 0 amide bonds. The summed E-state index contributed by atoms with van der Waals surface area (Å²) in [6.45, 7) is 6.68. The zero-order chi connectivity index (χ0) is 7.28. The average Bonchev–Trinajstić information content (AvgIpc) is 1.82. The Hall–Kier alpha value is -0.0681. The van der Waals surface area contributed by atoms with Gasteiger partial charge in [0.1, 0.15) is 5.97 Å². The molecule has 10 heavy (non-hydrogen) atoms. The summed E-state index contributed by atoms with van der Waals surface area (Å²) in [6, 6.07) is 0. The Kier molecular flexibility index (Phi) is 8.87. The molecule has 1 N–H and O–H groups in total. The van der Waals surface area contributed by atoms with Crippen LogP contribution in [-0.4, -0.2) is 17.3 Å². The van der Waals surface area contributed by atoms with Gasteiger partial charge >= 0.3 is 31.1 Å². The number of rotatable bonds is 3. The van der Waals surface area contributed by atoms with Crippen molar-refractivity contribution in [2.75, 3.05) is 0 Å². The van der Waals surface area contributed by atoms with Gasteiger partial charge in [-0.05, 0) is 0 Å². The zero-order valence-corrected chi connectivity index (χ0v) is 9.75. The van der Waals surface area contributed by atoms with Crippen LogP contribution in [0.5, 0.6) is 0 Å². The van der Waals surface area contributed by atoms with E-state index >= 15 is 0 Å². The molecule has 0 unspecified atom stereocenters. The van der Waals surface area contributed by atoms with Crippen molar-refractivity contribution >= 4 is 12.2 Å². The van der Waals surface area contributed by atoms with E-state index in [1.165, 1.54) is 0 Å². The second-order valence-corrected chi connectivity index (χ2v) is 1.31. The molecular formula is C6H7NO2U. The maximum Gasteiger partial charge on any atom is 2.00 e. The zero-order valence-electron chi connectivity index (χ0n) is 5.59. The molecule has 0 heterocycles. The normalized spacial score (nSPS) is 8.90. The molecule has 0 bridgehead atoms. The maximum absolute atomic E-state index is 9.91. The maximum atomic E-state index is 9.91. The fourth-order valence-electron chi connectivity index (χ4n) is 0.212. The molecule has 0 aromatic heterocycles. The molecule has 52 valence electrons. The van der Waals surface area contributed by atoms with Crippen molar-refractivity contribution in [1.29, 1.82) is 0 Å². The van der Waals surface area contributed by atoms with Crippen molar-refractivity contribution in [3.63, 3.8) is 0 Å². The molecule has 0 aromatic rings. The van der Waals surface area contributed by atoms with E-state index in [4.69, 9.17) is 11.7 Å². The van der Waals surface area contributed by atoms with Crippen molar-refractivity contribution in [3.8, 4) is 0 Å². The molecule has 3 nitrogen and oxygen atoms in total. The third-order valence-corrected chi connectivity index (χ3v) is 0.577. The van der Waals surface area contributed by atoms with Gasteiger partial charge in [0.05, 0.1) is 0 Å². The number of carboxylic acid groups (broad SMARTS) is 1. The summed E-state index contributed by atoms with van der Waals surface area (Å²) < 4.78 is 0. The van der Waals surface area contributed by atoms with E-state index < -0.39 is 11.7 Å². The molecule has 0 aliphatic carbocycles. The van der Waals surface area contributed by atoms with Gasteiger partial charge in [0.25, 0.3) is 0 Å². The number of hydrogen-bond acceptors (Lipinski definition) is 2. The van der Waals surface area contributed by atoms with Gasteiger partial charge in [-0.2, -0.15) is 11.9 Å². The molecule has 0 atom stereocenters. The van der Waals surface area contributed by atoms with Crippen molar-refractivity contribution in [2.24, 2.45) is 4.99 Å². The molecule has 0 rings (SSSR count). The van der Waals surface area contributed by atoms with Crippen LogP contribution in [-0.2, 0) is 4.79 Å². The third-order valence-electron chi connectivity index (χ3n) is 0.577. The van der Waals surface area contributed by atoms with Crippen molar-refractivity contribution in [2.45, 2.75) is 13.3 Å². The summed E-state index contributed by atoms with van der Waals surface area (Å²) in [7, 11) is 0. The Morgan fingerprint density at radius 3 is 2.60 bits per heavy atom. The Morgan fingerprint density at radius 1 is 1.80 bits per heavy atom. The van der Waals surface area contributed by atoms with E-state index in [9.17, 15) is 4.79 Å². The molecule has 4 heteroatoms. The van der Waals surface area contributed by atoms with Gasteiger partial charge < -0.3 is 21.5 Å². The standard InChI is InChI=1S/C6H7NO2.U/c1-3-4-7-5(2)6(8)9;/h2H,3H2,1H3,(H,8,9);/q-2;+2. The third kappa shape index (κ3) is 6.06. The molecule has 0 spiro atoms. The molecule has 0 saturated heterocycles. The second-order valence-electron chi connectivity index (χ2n) is 1.31. The van der Waals surface area contributed by atoms with Crippen LogP contribution in [0.3, 0.4) is 0 Å². The molecule has 0 aliphatic heterocycles. The Balaban J connectivity index is 0. The summed E-state index contributed by atoms with van der Waals surface area (Å²) in [5.41, 5.74) is -0.420. The minimum Gasteiger partial charge on any atom is -0.574 e. The van der Waals surface area contributed by atoms with Crippen LogP contribution in [0.2, 0.25) is 0 Å². The molecule has 0 saturated carbocycles. The quantitative estimate of drug-likeness (QED) is 0.457. The first-order chi connectivity index (χ1) is 4.18. The number of aliphatic imine (C=N–C) groups is 1. The first-order valence-electron chi connectivity index (χ1n) is 2.47. The summed E-state index contributed by atoms with van der Waals surface area (Å²) >= 11 is 0. The van der Waals surface area contributed by atoms with Gasteiger partial charge in [0.2, 0.25) is 0 Å². The number of carbonyl (C=O) groups is 1. The number of hydrogen-bond donors (Lipinski definition) is 1. The summed E-state index contributed by atoms with van der Waals surface area (Å²) in [4.78, 5) is 13.2. The molecule has 0 aliphatic rings. The summed E-state index contributed by atoms with van der Waals surface area (Å²) in [5.74, 6) is -1.21. The van der Waals surface area contributed by atoms with Crippen LogP contribution in [0.15, 0.2) is 10.7 Å². The Labute approximate surface area is 83.6 Å². The number of nitrogens with zero attached hydrogens (tertiary/aromatic N) is 1. The molecule has 0 aromatic carbocycles. The minimum absolute atomic E-state index is 0. The predicted molar refractivity (Wildman–Crippen MR) is 33.2 cm³/mol. The summed E-state index contributed by atoms with van der Waals surface area (Å²) in [5, 5.41) is 8.11. The van der Waals surface area contributed by atoms with Gasteiger partial charge in [0, 0.05) is 0 Å². The van der Waals surface area contributed by atoms with Crippen LogP contribution < -0.4 is 0 Å². The van der Waals surface area contributed by atoms with Crippen LogP contribution in [0, 0.1) is 37.7 Å². The van der Waals surface area contributed by atoms with Crippen LogP contribution >= 0.6 is 0 Å². The van der Waals surface area contributed by atoms with Crippen molar-refractivity contribution in [3.05, 3.63) is 12.3 Å². The van der Waals surface area contributed by atoms with Crippen LogP contribution in [0.4, 0.5) is 0 Å². The van der Waals surface area contributed by atoms with Crippen LogP contribution in [0.25, 0.3) is 0 Å². The molecular weight excluding hydrogens is 356 g/mol. The van der Waals surface area contributed by atoms with Crippen molar-refractivity contribution in [1.82, 2.24) is 0 Å². The smallest absolute Gasteiger partial charge is 0.574 e. The Morgan fingerprint density at radius 2 is 2.30 bits per heavy atom. The topological polar surface area (TPSA) is 49.7 Å². The first-order valence-corrected chi connectivity index (χ1v) is 2.47. The van der Waals surface area contributed by atoms with E-state index in [1.54, 1.807) is 6.92 Å². The monoisotopic (exact) mass is 363 g/mol. The van der Waals surface area contributed by atoms with E-state index in [-0.39, 0.29) is 31.1 Å². The van der Waals surface area contributed by atoms with Crippen LogP contribution in [0.1, 0.15) is 13.3 Å². The van der Waals surface area contributed by atoms with Gasteiger partial charge in [-0.15, -0.1) is 0 Å². The van der Waals surface area contributed by atoms with E-state index in [1.807, 2.05) is 0 Å². The first kappa shape index (κ1) is 12.6. The van der Waals surface area contributed by atoms with Gasteiger partial charge in [-0.25, -0.2) is 0 Å². The van der Waals surface area contributed by atoms with E-state index in [0.717, 1.165) is 0 Å². The number of aliphatic carboxylic acids is 1. The van der Waals surface area contributed by atoms with Gasteiger partial charge in [-0.1, -0.05) is 13.3 Å². The molecule has 0 radical (unpaired) electrons. The largest absolute Gasteiger partial charge is 2.00 e. The van der Waals surface area contributed by atoms with Gasteiger partial charge in [0.15, 0.2) is 0 Å². The van der Waals surface area contributed by atoms with Crippen molar-refractivity contribution < 1.29 is 41.0 Å². The fourth-order valence-corrected chi connectivity index (χ4v) is 0.212. The number of carboxylic acids is 1. The molecule has 0 fully saturated rings. The summed E-state index contributed by atoms with van der Waals surface area (Å²) in [6.07, 6.45) is 2.97. The van der Waals surface area contributed by atoms with Gasteiger partial charge in [-0.3, -0.25) is 0 Å².